The highest BCUT2D eigenvalue weighted by atomic mass is 35.5. The van der Waals surface area contributed by atoms with E-state index >= 15 is 0 Å². The van der Waals surface area contributed by atoms with Crippen LogP contribution in [0.15, 0.2) is 18.2 Å². The molecule has 1 heterocycles. The third-order valence-electron chi connectivity index (χ3n) is 4.66. The second kappa shape index (κ2) is 4.71. The number of aromatic nitrogens is 1. The molecule has 2 aliphatic rings. The van der Waals surface area contributed by atoms with Crippen LogP contribution >= 0.6 is 22.9 Å². The van der Waals surface area contributed by atoms with Crippen molar-refractivity contribution in [2.75, 3.05) is 5.32 Å². The standard InChI is InChI=1S/C15H15ClN2OS/c16-10-3-4-12-13(7-10)20-15(17-12)18-14(19)11-6-8-1-2-9(11)5-8/h3-4,7-9,11H,1-2,5-6H2,(H,17,18,19)/t8-,9+,11+/m0/s1. The third kappa shape index (κ3) is 2.11. The van der Waals surface area contributed by atoms with Gasteiger partial charge in [0.1, 0.15) is 0 Å². The number of amides is 1. The second-order valence-corrected chi connectivity index (χ2v) is 7.37. The van der Waals surface area contributed by atoms with Gasteiger partial charge >= 0.3 is 0 Å². The van der Waals surface area contributed by atoms with Gasteiger partial charge in [-0.05, 0) is 49.3 Å². The lowest BCUT2D eigenvalue weighted by Crippen LogP contribution is -2.27. The summed E-state index contributed by atoms with van der Waals surface area (Å²) < 4.78 is 1.01. The van der Waals surface area contributed by atoms with E-state index in [-0.39, 0.29) is 11.8 Å². The number of nitrogens with zero attached hydrogens (tertiary/aromatic N) is 1. The van der Waals surface area contributed by atoms with Crippen molar-refractivity contribution in [3.05, 3.63) is 23.2 Å². The lowest BCUT2D eigenvalue weighted by molar-refractivity contribution is -0.121. The molecule has 0 radical (unpaired) electrons. The van der Waals surface area contributed by atoms with Crippen molar-refractivity contribution in [2.24, 2.45) is 17.8 Å². The summed E-state index contributed by atoms with van der Waals surface area (Å²) in [5.74, 6) is 1.74. The zero-order valence-corrected chi connectivity index (χ0v) is 12.5. The summed E-state index contributed by atoms with van der Waals surface area (Å²) in [5, 5.41) is 4.39. The summed E-state index contributed by atoms with van der Waals surface area (Å²) in [5.41, 5.74) is 0.891. The van der Waals surface area contributed by atoms with Gasteiger partial charge in [-0.2, -0.15) is 0 Å². The average Bonchev–Trinajstić information content (AvgIpc) is 3.11. The quantitative estimate of drug-likeness (QED) is 0.897. The monoisotopic (exact) mass is 306 g/mol. The predicted octanol–water partition coefficient (Wildman–Crippen LogP) is 4.32. The summed E-state index contributed by atoms with van der Waals surface area (Å²) in [7, 11) is 0. The number of hydrogen-bond acceptors (Lipinski definition) is 3. The van der Waals surface area contributed by atoms with E-state index in [1.807, 2.05) is 18.2 Å². The van der Waals surface area contributed by atoms with Gasteiger partial charge in [0.2, 0.25) is 5.91 Å². The van der Waals surface area contributed by atoms with Gasteiger partial charge in [0.25, 0.3) is 0 Å². The molecule has 1 amide bonds. The van der Waals surface area contributed by atoms with Gasteiger partial charge < -0.3 is 5.32 Å². The Hall–Kier alpha value is -1.13. The van der Waals surface area contributed by atoms with Crippen LogP contribution in [-0.2, 0) is 4.79 Å². The highest BCUT2D eigenvalue weighted by Crippen LogP contribution is 2.48. The Balaban J connectivity index is 1.53. The SMILES string of the molecule is O=C(Nc1nc2ccc(Cl)cc2s1)[C@@H]1C[C@H]2CC[C@@H]1C2. The Morgan fingerprint density at radius 1 is 1.35 bits per heavy atom. The predicted molar refractivity (Wildman–Crippen MR) is 82.2 cm³/mol. The Bertz CT molecular complexity index is 684. The molecule has 1 aromatic carbocycles. The van der Waals surface area contributed by atoms with Crippen LogP contribution in [0.2, 0.25) is 5.02 Å². The molecular formula is C15H15ClN2OS. The van der Waals surface area contributed by atoms with Crippen molar-refractivity contribution in [2.45, 2.75) is 25.7 Å². The molecule has 1 N–H and O–H groups in total. The highest BCUT2D eigenvalue weighted by molar-refractivity contribution is 7.22. The summed E-state index contributed by atoms with van der Waals surface area (Å²) in [6, 6.07) is 5.61. The van der Waals surface area contributed by atoms with Gasteiger partial charge in [-0.15, -0.1) is 0 Å². The van der Waals surface area contributed by atoms with Crippen molar-refractivity contribution in [1.82, 2.24) is 4.98 Å². The van der Waals surface area contributed by atoms with Crippen LogP contribution in [0.4, 0.5) is 5.13 Å². The summed E-state index contributed by atoms with van der Waals surface area (Å²) in [6.07, 6.45) is 4.84. The van der Waals surface area contributed by atoms with E-state index in [1.54, 1.807) is 0 Å². The van der Waals surface area contributed by atoms with Crippen molar-refractivity contribution < 1.29 is 4.79 Å². The molecule has 0 unspecified atom stereocenters. The normalized spacial score (nSPS) is 28.1. The highest BCUT2D eigenvalue weighted by Gasteiger charge is 2.43. The largest absolute Gasteiger partial charge is 0.302 e. The van der Waals surface area contributed by atoms with Crippen LogP contribution in [0.3, 0.4) is 0 Å². The number of benzene rings is 1. The molecule has 5 heteroatoms. The third-order valence-corrected chi connectivity index (χ3v) is 5.82. The fraction of sp³-hybridized carbons (Fsp3) is 0.467. The average molecular weight is 307 g/mol. The number of nitrogens with one attached hydrogen (secondary N) is 1. The number of thiazole rings is 1. The van der Waals surface area contributed by atoms with Crippen LogP contribution in [0.5, 0.6) is 0 Å². The van der Waals surface area contributed by atoms with Crippen LogP contribution in [-0.4, -0.2) is 10.9 Å². The first-order valence-corrected chi connectivity index (χ1v) is 8.25. The van der Waals surface area contributed by atoms with Gasteiger partial charge in [-0.1, -0.05) is 29.4 Å². The van der Waals surface area contributed by atoms with Gasteiger partial charge in [-0.3, -0.25) is 4.79 Å². The number of carbonyl (C=O) groups excluding carboxylic acids is 1. The topological polar surface area (TPSA) is 42.0 Å². The number of fused-ring (bicyclic) bond motifs is 3. The summed E-state index contributed by atoms with van der Waals surface area (Å²) >= 11 is 7.46. The number of anilines is 1. The first kappa shape index (κ1) is 12.6. The smallest absolute Gasteiger partial charge is 0.229 e. The number of hydrogen-bond donors (Lipinski definition) is 1. The minimum atomic E-state index is 0.155. The molecule has 2 saturated carbocycles. The van der Waals surface area contributed by atoms with Crippen LogP contribution < -0.4 is 5.32 Å². The molecule has 0 spiro atoms. The van der Waals surface area contributed by atoms with Crippen LogP contribution in [0.1, 0.15) is 25.7 Å². The zero-order chi connectivity index (χ0) is 13.7. The van der Waals surface area contributed by atoms with Crippen molar-refractivity contribution in [3.8, 4) is 0 Å². The molecule has 3 atom stereocenters. The van der Waals surface area contributed by atoms with E-state index in [0.717, 1.165) is 22.6 Å². The van der Waals surface area contributed by atoms with E-state index in [4.69, 9.17) is 11.6 Å². The first-order chi connectivity index (χ1) is 9.69. The van der Waals surface area contributed by atoms with Crippen molar-refractivity contribution in [3.63, 3.8) is 0 Å². The molecule has 2 fully saturated rings. The number of halogens is 1. The van der Waals surface area contributed by atoms with E-state index in [2.05, 4.69) is 10.3 Å². The maximum absolute atomic E-state index is 12.4. The minimum absolute atomic E-state index is 0.155. The van der Waals surface area contributed by atoms with E-state index < -0.39 is 0 Å². The minimum Gasteiger partial charge on any atom is -0.302 e. The summed E-state index contributed by atoms with van der Waals surface area (Å²) in [4.78, 5) is 16.8. The summed E-state index contributed by atoms with van der Waals surface area (Å²) in [6.45, 7) is 0. The van der Waals surface area contributed by atoms with E-state index in [1.165, 1.54) is 30.6 Å². The molecule has 20 heavy (non-hydrogen) atoms. The molecular weight excluding hydrogens is 292 g/mol. The van der Waals surface area contributed by atoms with Gasteiger partial charge in [0.05, 0.1) is 10.2 Å². The molecule has 2 bridgehead atoms. The number of carbonyl (C=O) groups is 1. The Morgan fingerprint density at radius 3 is 3.00 bits per heavy atom. The Labute approximate surface area is 126 Å². The van der Waals surface area contributed by atoms with Gasteiger partial charge in [-0.25, -0.2) is 4.98 Å². The molecule has 104 valence electrons. The molecule has 3 nitrogen and oxygen atoms in total. The number of rotatable bonds is 2. The first-order valence-electron chi connectivity index (χ1n) is 7.06. The Kier molecular flexibility index (Phi) is 2.97. The van der Waals surface area contributed by atoms with Crippen molar-refractivity contribution >= 4 is 44.2 Å². The van der Waals surface area contributed by atoms with Gasteiger partial charge in [0.15, 0.2) is 5.13 Å². The lowest BCUT2D eigenvalue weighted by Gasteiger charge is -2.19. The lowest BCUT2D eigenvalue weighted by atomic mass is 9.88. The van der Waals surface area contributed by atoms with E-state index in [0.29, 0.717) is 16.1 Å². The fourth-order valence-electron chi connectivity index (χ4n) is 3.72. The molecule has 4 rings (SSSR count). The van der Waals surface area contributed by atoms with Crippen LogP contribution in [0, 0.1) is 17.8 Å². The van der Waals surface area contributed by atoms with Crippen LogP contribution in [0.25, 0.3) is 10.2 Å². The fourth-order valence-corrected chi connectivity index (χ4v) is 4.86. The van der Waals surface area contributed by atoms with Crippen molar-refractivity contribution in [1.29, 1.82) is 0 Å². The molecule has 2 aromatic rings. The zero-order valence-electron chi connectivity index (χ0n) is 10.9. The Morgan fingerprint density at radius 2 is 2.25 bits per heavy atom. The van der Waals surface area contributed by atoms with Gasteiger partial charge in [0, 0.05) is 10.9 Å². The molecule has 1 aromatic heterocycles. The molecule has 0 saturated heterocycles. The molecule has 2 aliphatic carbocycles. The maximum atomic E-state index is 12.4. The van der Waals surface area contributed by atoms with E-state index in [9.17, 15) is 4.79 Å². The second-order valence-electron chi connectivity index (χ2n) is 5.90. The molecule has 0 aliphatic heterocycles. The maximum Gasteiger partial charge on any atom is 0.229 e.